The second-order valence-corrected chi connectivity index (χ2v) is 33.6. The predicted octanol–water partition coefficient (Wildman–Crippen LogP) is 7.34. The van der Waals surface area contributed by atoms with Crippen molar-refractivity contribution in [3.63, 3.8) is 0 Å². The average molecular weight is 811 g/mol. The van der Waals surface area contributed by atoms with Crippen molar-refractivity contribution < 1.29 is 24.8 Å². The summed E-state index contributed by atoms with van der Waals surface area (Å²) >= 11 is 6.29. The van der Waals surface area contributed by atoms with Crippen LogP contribution in [0.4, 0.5) is 0 Å². The predicted molar refractivity (Wildman–Crippen MR) is 227 cm³/mol. The molecule has 1 aromatic carbocycles. The fourth-order valence-electron chi connectivity index (χ4n) is 11.2. The van der Waals surface area contributed by atoms with Crippen LogP contribution in [0.2, 0.25) is 57.9 Å². The summed E-state index contributed by atoms with van der Waals surface area (Å²) in [6, 6.07) is 13.7. The van der Waals surface area contributed by atoms with Crippen molar-refractivity contribution >= 4 is 48.2 Å². The van der Waals surface area contributed by atoms with Crippen molar-refractivity contribution in [3.8, 4) is 0 Å². The highest BCUT2D eigenvalue weighted by Gasteiger charge is 2.76. The van der Waals surface area contributed by atoms with Crippen molar-refractivity contribution in [1.82, 2.24) is 9.47 Å². The zero-order valence-corrected chi connectivity index (χ0v) is 38.5. The fourth-order valence-corrected chi connectivity index (χ4v) is 28.6. The maximum absolute atomic E-state index is 11.8. The maximum Gasteiger partial charge on any atom is 0.195 e. The van der Waals surface area contributed by atoms with E-state index in [0.717, 1.165) is 41.8 Å². The van der Waals surface area contributed by atoms with Crippen LogP contribution in [0.25, 0.3) is 0 Å². The minimum absolute atomic E-state index is 0.293. The highest BCUT2D eigenvalue weighted by molar-refractivity contribution is 6.89. The highest BCUT2D eigenvalue weighted by Crippen LogP contribution is 2.58. The van der Waals surface area contributed by atoms with Crippen molar-refractivity contribution in [2.24, 2.45) is 15.7 Å². The van der Waals surface area contributed by atoms with Crippen molar-refractivity contribution in [1.29, 1.82) is 0 Å². The Morgan fingerprint density at radius 2 is 1.40 bits per heavy atom. The summed E-state index contributed by atoms with van der Waals surface area (Å²) in [5.41, 5.74) is 8.71. The van der Waals surface area contributed by atoms with E-state index < -0.39 is 72.3 Å². The van der Waals surface area contributed by atoms with Gasteiger partial charge in [-0.3, -0.25) is 9.56 Å². The summed E-state index contributed by atoms with van der Waals surface area (Å²) in [7, 11) is -7.81. The van der Waals surface area contributed by atoms with E-state index in [1.807, 2.05) is 18.5 Å². The van der Waals surface area contributed by atoms with Gasteiger partial charge in [-0.05, 0) is 52.8 Å². The number of fused-ring (bicyclic) bond motifs is 1. The van der Waals surface area contributed by atoms with Gasteiger partial charge >= 0.3 is 0 Å². The number of ether oxygens (including phenoxy) is 2. The number of benzene rings is 1. The summed E-state index contributed by atoms with van der Waals surface area (Å²) in [5, 5.41) is 33.1. The minimum Gasteiger partial charge on any atom is -0.394 e. The maximum atomic E-state index is 11.8. The number of hydrogen-bond donors (Lipinski definition) is 4. The van der Waals surface area contributed by atoms with Crippen LogP contribution in [0.3, 0.4) is 0 Å². The number of aliphatic imine (C=N–C) groups is 2. The van der Waals surface area contributed by atoms with Crippen LogP contribution in [0.15, 0.2) is 34.3 Å². The van der Waals surface area contributed by atoms with E-state index >= 15 is 0 Å². The van der Waals surface area contributed by atoms with Gasteiger partial charge < -0.3 is 35.4 Å². The van der Waals surface area contributed by atoms with Gasteiger partial charge in [0.25, 0.3) is 0 Å². The van der Waals surface area contributed by atoms with Gasteiger partial charge in [-0.2, -0.15) is 0 Å². The van der Waals surface area contributed by atoms with Gasteiger partial charge in [0.15, 0.2) is 11.7 Å². The standard InChI is InChI=1S/C39H72ClN5O5Si3/c1-13-51(14-2,27(7)8)38-36(41)43-39(52(15-3,16-4)28(9)10,49-24-23-30-19-21-31(40)22-20-30)45(53(17-5,18-6)29(11)12)37(38)44(26-42-38)35-34(48)33(47)32(25-46)50-35/h19-22,26-29,32-35,37,46-48H,13-18,23-25H2,1-12H3,(H2,41,43)/t32-,33?,34?,35-,37?,38?,39?/m1/s1. The van der Waals surface area contributed by atoms with E-state index in [2.05, 4.69) is 105 Å². The molecule has 3 aliphatic rings. The molecule has 0 radical (unpaired) electrons. The lowest BCUT2D eigenvalue weighted by Gasteiger charge is -2.68. The molecule has 53 heavy (non-hydrogen) atoms. The zero-order chi connectivity index (χ0) is 39.7. The smallest absolute Gasteiger partial charge is 0.195 e. The molecule has 1 aromatic rings. The summed E-state index contributed by atoms with van der Waals surface area (Å²) < 4.78 is 17.0. The number of aliphatic hydroxyl groups excluding tert-OH is 3. The molecule has 0 aromatic heterocycles. The number of halogens is 1. The van der Waals surface area contributed by atoms with E-state index in [9.17, 15) is 15.3 Å². The van der Waals surface area contributed by atoms with Crippen LogP contribution >= 0.6 is 11.6 Å². The Kier molecular flexibility index (Phi) is 14.4. The normalized spacial score (nSPS) is 29.9. The Morgan fingerprint density at radius 3 is 1.83 bits per heavy atom. The van der Waals surface area contributed by atoms with Gasteiger partial charge in [-0.1, -0.05) is 131 Å². The minimum atomic E-state index is -2.64. The first kappa shape index (κ1) is 44.6. The number of aliphatic hydroxyl groups is 3. The molecule has 14 heteroatoms. The first-order chi connectivity index (χ1) is 25.0. The summed E-state index contributed by atoms with van der Waals surface area (Å²) in [6.07, 6.45) is -2.31. The van der Waals surface area contributed by atoms with Crippen molar-refractivity contribution in [2.45, 2.75) is 184 Å². The molecule has 4 rings (SSSR count). The van der Waals surface area contributed by atoms with Gasteiger partial charge in [-0.25, -0.2) is 4.99 Å². The number of nitrogens with zero attached hydrogens (tertiary/aromatic N) is 4. The van der Waals surface area contributed by atoms with Crippen LogP contribution < -0.4 is 5.73 Å². The second-order valence-electron chi connectivity index (χ2n) is 16.8. The molecule has 1 saturated heterocycles. The van der Waals surface area contributed by atoms with Crippen LogP contribution in [0.5, 0.6) is 0 Å². The van der Waals surface area contributed by atoms with E-state index in [4.69, 9.17) is 36.8 Å². The van der Waals surface area contributed by atoms with Gasteiger partial charge in [0, 0.05) is 5.02 Å². The molecule has 0 amide bonds. The lowest BCUT2D eigenvalue weighted by Crippen LogP contribution is -2.88. The SMILES string of the molecule is CC[Si](CC)(C(C)C)N1C2N([C@@H]3O[C@H](CO)C(O)C3O)C=NC2([Si](CC)(CC)C(C)C)C(N)=NC1(OCCc1ccc(Cl)cc1)[Si](CC)(CC)C(C)C. The van der Waals surface area contributed by atoms with Gasteiger partial charge in [-0.15, -0.1) is 0 Å². The average Bonchev–Trinajstić information content (AvgIpc) is 3.66. The third-order valence-corrected chi connectivity index (χ3v) is 34.6. The quantitative estimate of drug-likeness (QED) is 0.113. The molecule has 10 nitrogen and oxygen atoms in total. The molecule has 3 heterocycles. The summed E-state index contributed by atoms with van der Waals surface area (Å²) in [4.78, 5) is 13.7. The molecule has 5 N–H and O–H groups in total. The summed E-state index contributed by atoms with van der Waals surface area (Å²) in [5.74, 6) is 0.540. The van der Waals surface area contributed by atoms with Crippen molar-refractivity contribution in [2.75, 3.05) is 13.2 Å². The number of rotatable bonds is 18. The van der Waals surface area contributed by atoms with Crippen molar-refractivity contribution in [3.05, 3.63) is 34.9 Å². The molecule has 0 saturated carbocycles. The van der Waals surface area contributed by atoms with E-state index in [1.165, 1.54) is 0 Å². The van der Waals surface area contributed by atoms with Crippen LogP contribution in [-0.2, 0) is 15.9 Å². The molecule has 0 aliphatic carbocycles. The number of nitrogens with two attached hydrogens (primary N) is 1. The Balaban J connectivity index is 2.20. The fraction of sp³-hybridized carbons (Fsp3) is 0.795. The largest absolute Gasteiger partial charge is 0.394 e. The molecule has 3 aliphatic heterocycles. The Morgan fingerprint density at radius 1 is 0.849 bits per heavy atom. The van der Waals surface area contributed by atoms with Gasteiger partial charge in [0.05, 0.1) is 19.6 Å². The molecule has 5 unspecified atom stereocenters. The molecular formula is C39H72ClN5O5Si3. The van der Waals surface area contributed by atoms with Crippen LogP contribution in [0, 0.1) is 0 Å². The Labute approximate surface area is 328 Å². The summed E-state index contributed by atoms with van der Waals surface area (Å²) in [6.45, 7) is 28.1. The van der Waals surface area contributed by atoms with Gasteiger partial charge in [0.1, 0.15) is 59.9 Å². The molecule has 302 valence electrons. The molecule has 1 fully saturated rings. The number of hydrogen-bond acceptors (Lipinski definition) is 10. The van der Waals surface area contributed by atoms with E-state index in [0.29, 0.717) is 40.5 Å². The molecular weight excluding hydrogens is 738 g/mol. The topological polar surface area (TPSA) is 136 Å². The molecule has 0 bridgehead atoms. The van der Waals surface area contributed by atoms with Gasteiger partial charge in [0.2, 0.25) is 0 Å². The second kappa shape index (κ2) is 17.2. The van der Waals surface area contributed by atoms with Crippen LogP contribution in [0.1, 0.15) is 88.6 Å². The first-order valence-corrected chi connectivity index (χ1v) is 28.3. The first-order valence-electron chi connectivity index (χ1n) is 20.5. The Hall–Kier alpha value is -1.14. The zero-order valence-electron chi connectivity index (χ0n) is 34.8. The lowest BCUT2D eigenvalue weighted by molar-refractivity contribution is -0.146. The third-order valence-electron chi connectivity index (χ3n) is 14.6. The van der Waals surface area contributed by atoms with E-state index in [1.54, 1.807) is 0 Å². The van der Waals surface area contributed by atoms with E-state index in [-0.39, 0.29) is 0 Å². The monoisotopic (exact) mass is 809 g/mol. The molecule has 7 atom stereocenters. The van der Waals surface area contributed by atoms with Crippen LogP contribution in [-0.4, -0.2) is 116 Å². The highest BCUT2D eigenvalue weighted by atomic mass is 35.5. The number of amidine groups is 1. The third kappa shape index (κ3) is 6.68. The lowest BCUT2D eigenvalue weighted by atomic mass is 10.1. The molecule has 0 spiro atoms. The Bertz CT molecular complexity index is 1420.